The number of nitrogens with one attached hydrogen (secondary N) is 1. The highest BCUT2D eigenvalue weighted by Crippen LogP contribution is 2.38. The minimum Gasteiger partial charge on any atom is -0.355 e. The molecule has 3 aliphatic rings. The predicted molar refractivity (Wildman–Crippen MR) is 80.8 cm³/mol. The van der Waals surface area contributed by atoms with Gasteiger partial charge in [0, 0.05) is 50.0 Å². The molecule has 0 aromatic carbocycles. The Balaban J connectivity index is 1.64. The van der Waals surface area contributed by atoms with Crippen LogP contribution in [-0.2, 0) is 14.4 Å². The minimum atomic E-state index is -0.236. The van der Waals surface area contributed by atoms with Crippen molar-refractivity contribution in [3.8, 4) is 0 Å². The van der Waals surface area contributed by atoms with Gasteiger partial charge in [-0.25, -0.2) is 0 Å². The number of likely N-dealkylation sites (tertiary alicyclic amines) is 2. The molecule has 2 atom stereocenters. The fraction of sp³-hybridized carbons (Fsp3) is 0.812. The molecule has 6 heteroatoms. The Bertz CT molecular complexity index is 525. The van der Waals surface area contributed by atoms with Crippen molar-refractivity contribution in [3.05, 3.63) is 0 Å². The molecule has 0 saturated carbocycles. The average Bonchev–Trinajstić information content (AvgIpc) is 3.09. The first-order valence-electron chi connectivity index (χ1n) is 8.06. The number of hydrogen-bond donors (Lipinski definition) is 1. The standard InChI is InChI=1S/C16H25N3O3/c1-15(2,3)19-8-11(6-13(19)21)14(22)18-5-4-16(10-18)7-12(20)17-9-16/h11H,4-10H2,1-3H3,(H,17,20). The largest absolute Gasteiger partial charge is 0.355 e. The molecule has 3 rings (SSSR count). The second kappa shape index (κ2) is 4.96. The number of amides is 3. The van der Waals surface area contributed by atoms with Crippen LogP contribution in [-0.4, -0.2) is 59.2 Å². The zero-order valence-corrected chi connectivity index (χ0v) is 13.6. The zero-order valence-electron chi connectivity index (χ0n) is 13.6. The molecule has 2 unspecified atom stereocenters. The van der Waals surface area contributed by atoms with Crippen LogP contribution < -0.4 is 5.32 Å². The SMILES string of the molecule is CC(C)(C)N1CC(C(=O)N2CCC3(CNC(=O)C3)C2)CC1=O. The highest BCUT2D eigenvalue weighted by Gasteiger charge is 2.48. The van der Waals surface area contributed by atoms with Crippen molar-refractivity contribution in [3.63, 3.8) is 0 Å². The van der Waals surface area contributed by atoms with E-state index in [0.717, 1.165) is 6.42 Å². The Kier molecular flexibility index (Phi) is 3.45. The predicted octanol–water partition coefficient (Wildman–Crippen LogP) is 0.372. The lowest BCUT2D eigenvalue weighted by Gasteiger charge is -2.32. The summed E-state index contributed by atoms with van der Waals surface area (Å²) < 4.78 is 0. The number of rotatable bonds is 1. The van der Waals surface area contributed by atoms with Gasteiger partial charge in [-0.05, 0) is 27.2 Å². The van der Waals surface area contributed by atoms with Crippen molar-refractivity contribution in [2.45, 2.75) is 45.6 Å². The van der Waals surface area contributed by atoms with E-state index in [-0.39, 0.29) is 34.6 Å². The van der Waals surface area contributed by atoms with Crippen LogP contribution in [0.1, 0.15) is 40.0 Å². The van der Waals surface area contributed by atoms with Crippen molar-refractivity contribution < 1.29 is 14.4 Å². The van der Waals surface area contributed by atoms with Crippen LogP contribution >= 0.6 is 0 Å². The summed E-state index contributed by atoms with van der Waals surface area (Å²) in [6.07, 6.45) is 1.71. The summed E-state index contributed by atoms with van der Waals surface area (Å²) in [5.41, 5.74) is -0.306. The molecule has 122 valence electrons. The van der Waals surface area contributed by atoms with Gasteiger partial charge in [-0.3, -0.25) is 14.4 Å². The maximum atomic E-state index is 12.7. The molecule has 3 aliphatic heterocycles. The number of carbonyl (C=O) groups is 3. The molecule has 1 N–H and O–H groups in total. The first-order valence-corrected chi connectivity index (χ1v) is 8.06. The van der Waals surface area contributed by atoms with Gasteiger partial charge in [0.25, 0.3) is 0 Å². The van der Waals surface area contributed by atoms with E-state index >= 15 is 0 Å². The van der Waals surface area contributed by atoms with Gasteiger partial charge in [-0.1, -0.05) is 0 Å². The van der Waals surface area contributed by atoms with E-state index in [4.69, 9.17) is 0 Å². The number of nitrogens with zero attached hydrogens (tertiary/aromatic N) is 2. The molecule has 3 fully saturated rings. The van der Waals surface area contributed by atoms with Gasteiger partial charge in [-0.15, -0.1) is 0 Å². The smallest absolute Gasteiger partial charge is 0.228 e. The lowest BCUT2D eigenvalue weighted by atomic mass is 9.86. The topological polar surface area (TPSA) is 69.7 Å². The molecule has 0 bridgehead atoms. The Labute approximate surface area is 131 Å². The first-order chi connectivity index (χ1) is 10.2. The van der Waals surface area contributed by atoms with Crippen molar-refractivity contribution in [2.75, 3.05) is 26.2 Å². The number of hydrogen-bond acceptors (Lipinski definition) is 3. The van der Waals surface area contributed by atoms with Gasteiger partial charge in [0.15, 0.2) is 0 Å². The molecule has 6 nitrogen and oxygen atoms in total. The van der Waals surface area contributed by atoms with Crippen LogP contribution in [0.15, 0.2) is 0 Å². The van der Waals surface area contributed by atoms with Gasteiger partial charge in [0.1, 0.15) is 0 Å². The molecular weight excluding hydrogens is 282 g/mol. The zero-order chi connectivity index (χ0) is 16.1. The third-order valence-electron chi connectivity index (χ3n) is 5.23. The van der Waals surface area contributed by atoms with Gasteiger partial charge >= 0.3 is 0 Å². The maximum Gasteiger partial charge on any atom is 0.228 e. The molecule has 0 aliphatic carbocycles. The van der Waals surface area contributed by atoms with E-state index in [0.29, 0.717) is 39.0 Å². The molecule has 0 aromatic heterocycles. The van der Waals surface area contributed by atoms with Gasteiger partial charge in [0.05, 0.1) is 5.92 Å². The Morgan fingerprint density at radius 1 is 1.32 bits per heavy atom. The van der Waals surface area contributed by atoms with E-state index in [2.05, 4.69) is 5.32 Å². The van der Waals surface area contributed by atoms with E-state index in [1.54, 1.807) is 0 Å². The average molecular weight is 307 g/mol. The van der Waals surface area contributed by atoms with E-state index in [1.807, 2.05) is 30.6 Å². The second-order valence-electron chi connectivity index (χ2n) is 8.04. The molecule has 22 heavy (non-hydrogen) atoms. The molecule has 3 amide bonds. The van der Waals surface area contributed by atoms with Crippen molar-refractivity contribution in [2.24, 2.45) is 11.3 Å². The Hall–Kier alpha value is -1.59. The minimum absolute atomic E-state index is 0.0671. The highest BCUT2D eigenvalue weighted by molar-refractivity contribution is 5.90. The third kappa shape index (κ3) is 2.59. The van der Waals surface area contributed by atoms with Crippen molar-refractivity contribution >= 4 is 17.7 Å². The first kappa shape index (κ1) is 15.3. The summed E-state index contributed by atoms with van der Waals surface area (Å²) in [7, 11) is 0. The third-order valence-corrected chi connectivity index (χ3v) is 5.23. The second-order valence-corrected chi connectivity index (χ2v) is 8.04. The van der Waals surface area contributed by atoms with Crippen LogP contribution in [0.2, 0.25) is 0 Å². The maximum absolute atomic E-state index is 12.7. The molecule has 3 saturated heterocycles. The molecule has 0 aromatic rings. The monoisotopic (exact) mass is 307 g/mol. The fourth-order valence-electron chi connectivity index (χ4n) is 3.94. The van der Waals surface area contributed by atoms with Gasteiger partial charge < -0.3 is 15.1 Å². The van der Waals surface area contributed by atoms with Crippen LogP contribution in [0.4, 0.5) is 0 Å². The van der Waals surface area contributed by atoms with Crippen LogP contribution in [0.3, 0.4) is 0 Å². The van der Waals surface area contributed by atoms with Crippen LogP contribution in [0.5, 0.6) is 0 Å². The summed E-state index contributed by atoms with van der Waals surface area (Å²) in [6.45, 7) is 8.53. The quantitative estimate of drug-likeness (QED) is 0.761. The Morgan fingerprint density at radius 2 is 2.05 bits per heavy atom. The van der Waals surface area contributed by atoms with Crippen molar-refractivity contribution in [1.82, 2.24) is 15.1 Å². The summed E-state index contributed by atoms with van der Waals surface area (Å²) in [5.74, 6) is 0.00462. The summed E-state index contributed by atoms with van der Waals surface area (Å²) >= 11 is 0. The Morgan fingerprint density at radius 3 is 2.59 bits per heavy atom. The van der Waals surface area contributed by atoms with E-state index in [9.17, 15) is 14.4 Å². The lowest BCUT2D eigenvalue weighted by Crippen LogP contribution is -2.43. The van der Waals surface area contributed by atoms with Crippen LogP contribution in [0.25, 0.3) is 0 Å². The van der Waals surface area contributed by atoms with Crippen molar-refractivity contribution in [1.29, 1.82) is 0 Å². The van der Waals surface area contributed by atoms with E-state index in [1.165, 1.54) is 0 Å². The lowest BCUT2D eigenvalue weighted by molar-refractivity contribution is -0.135. The molecule has 0 radical (unpaired) electrons. The van der Waals surface area contributed by atoms with Crippen LogP contribution in [0, 0.1) is 11.3 Å². The summed E-state index contributed by atoms with van der Waals surface area (Å²) in [6, 6.07) is 0. The molecule has 1 spiro atoms. The highest BCUT2D eigenvalue weighted by atomic mass is 16.2. The normalized spacial score (nSPS) is 32.2. The number of carbonyl (C=O) groups excluding carboxylic acids is 3. The molecule has 3 heterocycles. The van der Waals surface area contributed by atoms with Gasteiger partial charge in [-0.2, -0.15) is 0 Å². The summed E-state index contributed by atoms with van der Waals surface area (Å²) in [5, 5.41) is 2.88. The fourth-order valence-corrected chi connectivity index (χ4v) is 3.94. The van der Waals surface area contributed by atoms with Gasteiger partial charge in [0.2, 0.25) is 17.7 Å². The summed E-state index contributed by atoms with van der Waals surface area (Å²) in [4.78, 5) is 40.0. The van der Waals surface area contributed by atoms with E-state index < -0.39 is 0 Å². The molecular formula is C16H25N3O3.